The molecule has 0 rings (SSSR count). The number of allylic oxidation sites excluding steroid dienone is 1. The Hall–Kier alpha value is -1.40. The fraction of sp³-hybridized carbons (Fsp3) is 0.946. The first-order valence-electron chi connectivity index (χ1n) is 37.0. The van der Waals surface area contributed by atoms with E-state index in [9.17, 15) is 19.8 Å². The number of carbonyl (C=O) groups is 2. The van der Waals surface area contributed by atoms with E-state index in [1.54, 1.807) is 6.08 Å². The van der Waals surface area contributed by atoms with E-state index in [4.69, 9.17) is 4.74 Å². The number of unbranched alkanes of at least 4 members (excludes halogenated alkanes) is 59. The zero-order valence-corrected chi connectivity index (χ0v) is 54.6. The fourth-order valence-electron chi connectivity index (χ4n) is 11.9. The normalized spacial score (nSPS) is 12.5. The minimum Gasteiger partial charge on any atom is -0.466 e. The maximum absolute atomic E-state index is 12.5. The van der Waals surface area contributed by atoms with Gasteiger partial charge in [0.1, 0.15) is 0 Å². The molecule has 0 heterocycles. The maximum atomic E-state index is 12.5. The molecule has 0 aliphatic heterocycles. The molecule has 0 fully saturated rings. The molecule has 2 atom stereocenters. The Bertz CT molecular complexity index is 1210. The average molecular weight is 1130 g/mol. The highest BCUT2D eigenvalue weighted by atomic mass is 16.5. The van der Waals surface area contributed by atoms with E-state index >= 15 is 0 Å². The Morgan fingerprint density at radius 3 is 0.850 bits per heavy atom. The van der Waals surface area contributed by atoms with Crippen molar-refractivity contribution in [3.05, 3.63) is 12.2 Å². The molecule has 0 aliphatic rings. The molecule has 6 nitrogen and oxygen atoms in total. The van der Waals surface area contributed by atoms with Crippen molar-refractivity contribution in [3.63, 3.8) is 0 Å². The molecule has 6 heteroatoms. The molecule has 0 aromatic carbocycles. The van der Waals surface area contributed by atoms with E-state index < -0.39 is 12.1 Å². The van der Waals surface area contributed by atoms with Crippen LogP contribution in [0.1, 0.15) is 425 Å². The lowest BCUT2D eigenvalue weighted by atomic mass is 10.0. The number of esters is 1. The molecule has 0 aromatic rings. The minimum atomic E-state index is -0.840. The number of nitrogens with one attached hydrogen (secondary N) is 1. The van der Waals surface area contributed by atoms with Crippen LogP contribution in [0.5, 0.6) is 0 Å². The number of ether oxygens (including phenoxy) is 1. The molecule has 0 radical (unpaired) electrons. The standard InChI is InChI=1S/C74H145NO5/c1-3-5-7-9-11-13-15-17-38-42-46-50-54-58-62-66-72(77)71(70-76)75-73(78)67-63-59-55-51-47-43-40-36-34-32-30-28-26-24-22-20-19-21-23-25-27-29-31-33-35-37-41-45-49-53-57-61-65-69-80-74(79)68-64-60-56-52-48-44-39-18-16-14-12-10-8-6-4-2/h62,66,71-72,76-77H,3-61,63-65,67-70H2,1-2H3,(H,75,78)/b66-62+. The molecule has 0 aromatic heterocycles. The zero-order valence-electron chi connectivity index (χ0n) is 54.6. The maximum Gasteiger partial charge on any atom is 0.305 e. The van der Waals surface area contributed by atoms with Gasteiger partial charge in [-0.3, -0.25) is 9.59 Å². The minimum absolute atomic E-state index is 0.0253. The van der Waals surface area contributed by atoms with Gasteiger partial charge in [-0.2, -0.15) is 0 Å². The highest BCUT2D eigenvalue weighted by molar-refractivity contribution is 5.76. The number of amides is 1. The van der Waals surface area contributed by atoms with Gasteiger partial charge in [0.25, 0.3) is 0 Å². The summed E-state index contributed by atoms with van der Waals surface area (Å²) >= 11 is 0. The number of hydrogen-bond donors (Lipinski definition) is 3. The van der Waals surface area contributed by atoms with Crippen LogP contribution >= 0.6 is 0 Å². The van der Waals surface area contributed by atoms with Crippen molar-refractivity contribution in [1.82, 2.24) is 5.32 Å². The van der Waals surface area contributed by atoms with Crippen LogP contribution in [0.2, 0.25) is 0 Å². The molecule has 476 valence electrons. The molecular formula is C74H145NO5. The SMILES string of the molecule is CCCCCCCCCCCCCCC/C=C/C(O)C(CO)NC(=O)CCCCCCCCCCCCCCCCCCCCCCCCCCCCCCCCCCCOC(=O)CCCCCCCCCCCCCCCCC. The van der Waals surface area contributed by atoms with Crippen molar-refractivity contribution in [2.75, 3.05) is 13.2 Å². The van der Waals surface area contributed by atoms with Crippen LogP contribution in [0.25, 0.3) is 0 Å². The van der Waals surface area contributed by atoms with Crippen molar-refractivity contribution < 1.29 is 24.5 Å². The van der Waals surface area contributed by atoms with Gasteiger partial charge in [0.2, 0.25) is 5.91 Å². The molecule has 0 saturated heterocycles. The van der Waals surface area contributed by atoms with E-state index in [1.165, 1.54) is 360 Å². The van der Waals surface area contributed by atoms with E-state index in [0.29, 0.717) is 19.4 Å². The number of rotatable bonds is 70. The monoisotopic (exact) mass is 1130 g/mol. The van der Waals surface area contributed by atoms with Crippen LogP contribution in [-0.2, 0) is 14.3 Å². The van der Waals surface area contributed by atoms with Crippen molar-refractivity contribution in [2.45, 2.75) is 437 Å². The third kappa shape index (κ3) is 65.7. The van der Waals surface area contributed by atoms with Gasteiger partial charge in [0.15, 0.2) is 0 Å². The molecule has 0 aliphatic carbocycles. The lowest BCUT2D eigenvalue weighted by Crippen LogP contribution is -2.45. The molecule has 0 spiro atoms. The summed E-state index contributed by atoms with van der Waals surface area (Å²) in [5, 5.41) is 23.2. The van der Waals surface area contributed by atoms with Crippen LogP contribution in [0.3, 0.4) is 0 Å². The summed E-state index contributed by atoms with van der Waals surface area (Å²) in [7, 11) is 0. The summed E-state index contributed by atoms with van der Waals surface area (Å²) in [6.07, 6.45) is 87.5. The van der Waals surface area contributed by atoms with Crippen molar-refractivity contribution in [1.29, 1.82) is 0 Å². The van der Waals surface area contributed by atoms with Crippen molar-refractivity contribution in [2.24, 2.45) is 0 Å². The van der Waals surface area contributed by atoms with E-state index in [0.717, 1.165) is 38.5 Å². The summed E-state index contributed by atoms with van der Waals surface area (Å²) in [5.74, 6) is -0.0347. The van der Waals surface area contributed by atoms with Gasteiger partial charge in [0.05, 0.1) is 25.4 Å². The number of hydrogen-bond acceptors (Lipinski definition) is 5. The third-order valence-corrected chi connectivity index (χ3v) is 17.6. The summed E-state index contributed by atoms with van der Waals surface area (Å²) in [4.78, 5) is 24.6. The highest BCUT2D eigenvalue weighted by Crippen LogP contribution is 2.20. The van der Waals surface area contributed by atoms with Crippen molar-refractivity contribution >= 4 is 11.9 Å². The zero-order chi connectivity index (χ0) is 57.8. The summed E-state index contributed by atoms with van der Waals surface area (Å²) in [6, 6.07) is -0.623. The second-order valence-electron chi connectivity index (χ2n) is 25.6. The van der Waals surface area contributed by atoms with Gasteiger partial charge in [-0.1, -0.05) is 392 Å². The Morgan fingerprint density at radius 1 is 0.338 bits per heavy atom. The Balaban J connectivity index is 3.31. The highest BCUT2D eigenvalue weighted by Gasteiger charge is 2.18. The summed E-state index contributed by atoms with van der Waals surface area (Å²) < 4.78 is 5.50. The van der Waals surface area contributed by atoms with Gasteiger partial charge in [-0.25, -0.2) is 0 Å². The van der Waals surface area contributed by atoms with Gasteiger partial charge >= 0.3 is 5.97 Å². The smallest absolute Gasteiger partial charge is 0.305 e. The average Bonchev–Trinajstić information content (AvgIpc) is 3.46. The number of aliphatic hydroxyl groups is 2. The fourth-order valence-corrected chi connectivity index (χ4v) is 11.9. The summed E-state index contributed by atoms with van der Waals surface area (Å²) in [6.45, 7) is 4.95. The van der Waals surface area contributed by atoms with Gasteiger partial charge < -0.3 is 20.3 Å². The third-order valence-electron chi connectivity index (χ3n) is 17.6. The first kappa shape index (κ1) is 78.6. The number of aliphatic hydroxyl groups excluding tert-OH is 2. The molecule has 80 heavy (non-hydrogen) atoms. The summed E-state index contributed by atoms with van der Waals surface area (Å²) in [5.41, 5.74) is 0. The molecular weight excluding hydrogens is 983 g/mol. The second-order valence-corrected chi connectivity index (χ2v) is 25.6. The van der Waals surface area contributed by atoms with E-state index in [2.05, 4.69) is 19.2 Å². The number of carbonyl (C=O) groups excluding carboxylic acids is 2. The van der Waals surface area contributed by atoms with Crippen LogP contribution in [0.15, 0.2) is 12.2 Å². The van der Waals surface area contributed by atoms with Crippen LogP contribution < -0.4 is 5.32 Å². The molecule has 1 amide bonds. The van der Waals surface area contributed by atoms with Crippen LogP contribution in [-0.4, -0.2) is 47.4 Å². The topological polar surface area (TPSA) is 95.9 Å². The first-order valence-corrected chi connectivity index (χ1v) is 37.0. The largest absolute Gasteiger partial charge is 0.466 e. The first-order chi connectivity index (χ1) is 39.5. The van der Waals surface area contributed by atoms with Gasteiger partial charge in [-0.05, 0) is 32.1 Å². The molecule has 3 N–H and O–H groups in total. The van der Waals surface area contributed by atoms with E-state index in [-0.39, 0.29) is 18.5 Å². The lowest BCUT2D eigenvalue weighted by molar-refractivity contribution is -0.143. The Morgan fingerprint density at radius 2 is 0.575 bits per heavy atom. The van der Waals surface area contributed by atoms with Crippen LogP contribution in [0, 0.1) is 0 Å². The Kier molecular flexibility index (Phi) is 68.9. The quantitative estimate of drug-likeness (QED) is 0.0320. The van der Waals surface area contributed by atoms with E-state index in [1.807, 2.05) is 6.08 Å². The predicted molar refractivity (Wildman–Crippen MR) is 352 cm³/mol. The second kappa shape index (κ2) is 70.1. The molecule has 0 saturated carbocycles. The van der Waals surface area contributed by atoms with Crippen LogP contribution in [0.4, 0.5) is 0 Å². The molecule has 0 bridgehead atoms. The van der Waals surface area contributed by atoms with Gasteiger partial charge in [0, 0.05) is 12.8 Å². The predicted octanol–water partition coefficient (Wildman–Crippen LogP) is 23.9. The lowest BCUT2D eigenvalue weighted by Gasteiger charge is -2.20. The Labute approximate surface area is 501 Å². The molecule has 2 unspecified atom stereocenters. The van der Waals surface area contributed by atoms with Gasteiger partial charge in [-0.15, -0.1) is 0 Å². The van der Waals surface area contributed by atoms with Crippen molar-refractivity contribution in [3.8, 4) is 0 Å².